The Hall–Kier alpha value is -3.60. The van der Waals surface area contributed by atoms with Crippen molar-refractivity contribution in [2.24, 2.45) is 0 Å². The van der Waals surface area contributed by atoms with E-state index in [4.69, 9.17) is 9.72 Å². The van der Waals surface area contributed by atoms with Crippen LogP contribution in [0.5, 0.6) is 5.88 Å². The highest BCUT2D eigenvalue weighted by atomic mass is 32.2. The van der Waals surface area contributed by atoms with Gasteiger partial charge in [-0.15, -0.1) is 11.8 Å². The van der Waals surface area contributed by atoms with Crippen LogP contribution < -0.4 is 15.6 Å². The monoisotopic (exact) mass is 504 g/mol. The Bertz CT molecular complexity index is 1450. The molecule has 4 heterocycles. The molecule has 4 aromatic heterocycles. The van der Waals surface area contributed by atoms with Crippen molar-refractivity contribution < 1.29 is 4.74 Å². The number of pyridine rings is 1. The fraction of sp³-hybridized carbons (Fsp3) is 0.400. The molecule has 0 spiro atoms. The van der Waals surface area contributed by atoms with Crippen molar-refractivity contribution in [2.75, 3.05) is 18.2 Å². The topological polar surface area (TPSA) is 121 Å². The van der Waals surface area contributed by atoms with Gasteiger partial charge in [0, 0.05) is 24.7 Å². The standard InChI is InChI=1S/C25H28N8O2S/c1-5-36-18-9-6-15(10-26-18)11-27-22-25(34)33(14(2)3)23-17(31-22)12-28-21(32-23)19-20(16-7-8-16)29-13-30-24(19)35-4/h6,9-10,12-14,16H,5,7-8,11H2,1-4H3,(H,27,31). The summed E-state index contributed by atoms with van der Waals surface area (Å²) in [5, 5.41) is 4.16. The molecular formula is C25H28N8O2S. The summed E-state index contributed by atoms with van der Waals surface area (Å²) < 4.78 is 7.16. The van der Waals surface area contributed by atoms with E-state index in [1.54, 1.807) is 29.6 Å². The molecule has 10 nitrogen and oxygen atoms in total. The smallest absolute Gasteiger partial charge is 0.295 e. The first-order valence-corrected chi connectivity index (χ1v) is 13.0. The normalized spacial score (nSPS) is 13.4. The van der Waals surface area contributed by atoms with Crippen LogP contribution in [0.3, 0.4) is 0 Å². The van der Waals surface area contributed by atoms with Crippen molar-refractivity contribution in [2.45, 2.75) is 57.1 Å². The van der Waals surface area contributed by atoms with E-state index in [1.807, 2.05) is 32.2 Å². The summed E-state index contributed by atoms with van der Waals surface area (Å²) >= 11 is 1.69. The van der Waals surface area contributed by atoms with Crippen molar-refractivity contribution >= 4 is 28.7 Å². The number of rotatable bonds is 9. The number of nitrogens with one attached hydrogen (secondary N) is 1. The third kappa shape index (κ3) is 4.75. The highest BCUT2D eigenvalue weighted by Crippen LogP contribution is 2.44. The van der Waals surface area contributed by atoms with E-state index in [9.17, 15) is 4.79 Å². The fourth-order valence-electron chi connectivity index (χ4n) is 4.06. The maximum absolute atomic E-state index is 13.5. The summed E-state index contributed by atoms with van der Waals surface area (Å²) in [5.74, 6) is 2.41. The van der Waals surface area contributed by atoms with Gasteiger partial charge >= 0.3 is 0 Å². The minimum atomic E-state index is -0.244. The second kappa shape index (κ2) is 10.2. The average Bonchev–Trinajstić information content (AvgIpc) is 3.73. The summed E-state index contributed by atoms with van der Waals surface area (Å²) in [6.07, 6.45) is 7.08. The summed E-state index contributed by atoms with van der Waals surface area (Å²) in [6.45, 7) is 6.42. The number of anilines is 1. The zero-order chi connectivity index (χ0) is 25.2. The van der Waals surface area contributed by atoms with Gasteiger partial charge in [-0.1, -0.05) is 13.0 Å². The minimum Gasteiger partial charge on any atom is -0.480 e. The molecule has 0 bridgehead atoms. The maximum Gasteiger partial charge on any atom is 0.295 e. The molecule has 1 N–H and O–H groups in total. The number of ether oxygens (including phenoxy) is 1. The van der Waals surface area contributed by atoms with E-state index in [-0.39, 0.29) is 17.4 Å². The molecule has 0 amide bonds. The first-order chi connectivity index (χ1) is 17.5. The van der Waals surface area contributed by atoms with E-state index in [0.29, 0.717) is 40.9 Å². The average molecular weight is 505 g/mol. The highest BCUT2D eigenvalue weighted by Gasteiger charge is 2.31. The summed E-state index contributed by atoms with van der Waals surface area (Å²) in [6, 6.07) is 3.84. The van der Waals surface area contributed by atoms with E-state index in [2.05, 4.69) is 37.2 Å². The Morgan fingerprint density at radius 1 is 1.14 bits per heavy atom. The van der Waals surface area contributed by atoms with Crippen LogP contribution in [0.2, 0.25) is 0 Å². The van der Waals surface area contributed by atoms with Crippen molar-refractivity contribution in [3.8, 4) is 17.3 Å². The Labute approximate surface area is 213 Å². The molecule has 0 unspecified atom stereocenters. The van der Waals surface area contributed by atoms with Gasteiger partial charge in [0.15, 0.2) is 17.3 Å². The van der Waals surface area contributed by atoms with Crippen LogP contribution in [0, 0.1) is 0 Å². The molecule has 186 valence electrons. The van der Waals surface area contributed by atoms with Gasteiger partial charge in [0.05, 0.1) is 24.0 Å². The highest BCUT2D eigenvalue weighted by molar-refractivity contribution is 7.99. The number of fused-ring (bicyclic) bond motifs is 1. The predicted octanol–water partition coefficient (Wildman–Crippen LogP) is 4.23. The molecule has 0 radical (unpaired) electrons. The van der Waals surface area contributed by atoms with Crippen molar-refractivity contribution in [3.05, 3.63) is 52.5 Å². The van der Waals surface area contributed by atoms with Gasteiger partial charge in [0.2, 0.25) is 5.88 Å². The van der Waals surface area contributed by atoms with Gasteiger partial charge in [0.25, 0.3) is 5.56 Å². The number of hydrogen-bond donors (Lipinski definition) is 1. The number of methoxy groups -OCH3 is 1. The third-order valence-electron chi connectivity index (χ3n) is 5.92. The Morgan fingerprint density at radius 2 is 1.97 bits per heavy atom. The van der Waals surface area contributed by atoms with Gasteiger partial charge in [0.1, 0.15) is 17.4 Å². The lowest BCUT2D eigenvalue weighted by molar-refractivity contribution is 0.397. The van der Waals surface area contributed by atoms with Crippen LogP contribution in [0.4, 0.5) is 5.82 Å². The lowest BCUT2D eigenvalue weighted by Crippen LogP contribution is -2.27. The van der Waals surface area contributed by atoms with Crippen LogP contribution in [0.25, 0.3) is 22.6 Å². The van der Waals surface area contributed by atoms with Crippen LogP contribution in [-0.4, -0.2) is 47.3 Å². The summed E-state index contributed by atoms with van der Waals surface area (Å²) in [5.41, 5.74) is 3.25. The number of aromatic nitrogens is 7. The van der Waals surface area contributed by atoms with Crippen LogP contribution >= 0.6 is 11.8 Å². The molecular weight excluding hydrogens is 476 g/mol. The number of nitrogens with zero attached hydrogens (tertiary/aromatic N) is 7. The zero-order valence-electron chi connectivity index (χ0n) is 20.7. The number of hydrogen-bond acceptors (Lipinski definition) is 10. The molecule has 1 aliphatic rings. The Morgan fingerprint density at radius 3 is 2.64 bits per heavy atom. The lowest BCUT2D eigenvalue weighted by atomic mass is 10.1. The Balaban J connectivity index is 1.53. The minimum absolute atomic E-state index is 0.143. The molecule has 36 heavy (non-hydrogen) atoms. The zero-order valence-corrected chi connectivity index (χ0v) is 21.5. The number of thioether (sulfide) groups is 1. The first-order valence-electron chi connectivity index (χ1n) is 12.0. The van der Waals surface area contributed by atoms with Crippen molar-refractivity contribution in [1.82, 2.24) is 34.5 Å². The molecule has 0 aromatic carbocycles. The summed E-state index contributed by atoms with van der Waals surface area (Å²) in [7, 11) is 1.57. The molecule has 11 heteroatoms. The van der Waals surface area contributed by atoms with Gasteiger partial charge in [-0.3, -0.25) is 9.36 Å². The predicted molar refractivity (Wildman–Crippen MR) is 139 cm³/mol. The first kappa shape index (κ1) is 24.1. The molecule has 1 saturated carbocycles. The second-order valence-corrected chi connectivity index (χ2v) is 10.1. The SMILES string of the molecule is CCSc1ccc(CNc2nc3cnc(-c4c(OC)ncnc4C4CC4)nc3n(C(C)C)c2=O)cn1. The molecule has 5 rings (SSSR count). The molecule has 1 fully saturated rings. The van der Waals surface area contributed by atoms with E-state index < -0.39 is 0 Å². The summed E-state index contributed by atoms with van der Waals surface area (Å²) in [4.78, 5) is 40.6. The van der Waals surface area contributed by atoms with Gasteiger partial charge in [-0.2, -0.15) is 0 Å². The maximum atomic E-state index is 13.5. The lowest BCUT2D eigenvalue weighted by Gasteiger charge is -2.16. The fourth-order valence-corrected chi connectivity index (χ4v) is 4.65. The molecule has 0 aliphatic heterocycles. The van der Waals surface area contributed by atoms with E-state index in [1.165, 1.54) is 6.33 Å². The van der Waals surface area contributed by atoms with Crippen LogP contribution in [0.1, 0.15) is 56.8 Å². The second-order valence-electron chi connectivity index (χ2n) is 8.84. The van der Waals surface area contributed by atoms with Crippen molar-refractivity contribution in [3.63, 3.8) is 0 Å². The molecule has 1 aliphatic carbocycles. The molecule has 0 saturated heterocycles. The quantitative estimate of drug-likeness (QED) is 0.331. The van der Waals surface area contributed by atoms with Gasteiger partial charge in [-0.05, 0) is 44.1 Å². The van der Waals surface area contributed by atoms with Crippen molar-refractivity contribution in [1.29, 1.82) is 0 Å². The third-order valence-corrected chi connectivity index (χ3v) is 6.75. The van der Waals surface area contributed by atoms with Crippen LogP contribution in [-0.2, 0) is 6.54 Å². The molecule has 0 atom stereocenters. The van der Waals surface area contributed by atoms with Gasteiger partial charge < -0.3 is 10.1 Å². The van der Waals surface area contributed by atoms with Gasteiger partial charge in [-0.25, -0.2) is 29.9 Å². The van der Waals surface area contributed by atoms with Crippen LogP contribution in [0.15, 0.2) is 40.7 Å². The molecule has 4 aromatic rings. The Kier molecular flexibility index (Phi) is 6.82. The van der Waals surface area contributed by atoms with E-state index >= 15 is 0 Å². The largest absolute Gasteiger partial charge is 0.480 e. The van der Waals surface area contributed by atoms with E-state index in [0.717, 1.165) is 34.9 Å².